The fraction of sp³-hybridized carbons (Fsp3) is 0.852. The quantitative estimate of drug-likeness (QED) is 0.430. The number of hydrogen-bond donors (Lipinski definition) is 3. The molecule has 0 spiro atoms. The Morgan fingerprint density at radius 3 is 2.34 bits per heavy atom. The minimum absolute atomic E-state index is 0.0376. The van der Waals surface area contributed by atoms with Crippen LogP contribution in [0.2, 0.25) is 0 Å². The molecule has 1 aliphatic heterocycles. The van der Waals surface area contributed by atoms with Gasteiger partial charge in [-0.25, -0.2) is 0 Å². The van der Waals surface area contributed by atoms with Gasteiger partial charge in [0, 0.05) is 12.6 Å². The summed E-state index contributed by atoms with van der Waals surface area (Å²) in [5.41, 5.74) is 6.55. The molecule has 4 fully saturated rings. The van der Waals surface area contributed by atoms with Gasteiger partial charge in [0.05, 0.1) is 12.1 Å². The van der Waals surface area contributed by atoms with Crippen LogP contribution in [-0.2, 0) is 19.2 Å². The van der Waals surface area contributed by atoms with E-state index in [2.05, 4.69) is 24.5 Å². The molecular formula is C27H44N4O4. The normalized spacial score (nSPS) is 29.8. The van der Waals surface area contributed by atoms with E-state index in [9.17, 15) is 19.2 Å². The van der Waals surface area contributed by atoms with Crippen molar-refractivity contribution in [1.82, 2.24) is 15.5 Å². The van der Waals surface area contributed by atoms with Crippen LogP contribution in [0, 0.1) is 23.2 Å². The van der Waals surface area contributed by atoms with Gasteiger partial charge in [-0.3, -0.25) is 19.2 Å². The highest BCUT2D eigenvalue weighted by atomic mass is 16.2. The lowest BCUT2D eigenvalue weighted by Gasteiger charge is -2.34. The second kappa shape index (κ2) is 10.6. The average Bonchev–Trinajstić information content (AvgIpc) is 3.49. The van der Waals surface area contributed by atoms with Gasteiger partial charge in [-0.05, 0) is 68.1 Å². The standard InChI is InChI=1S/C27H44N4O4/c1-4-8-20(23(32)25(34)29-17-11-12-17)30-24(33)22-18-13-14-27(2,3)19(18)15-31(22)26(35)21(28)16-9-6-5-7-10-16/h16-22H,4-15,28H2,1-3H3,(H,29,34)(H,30,33)/t18-,19-,20?,21-,22-/m0/s1. The maximum Gasteiger partial charge on any atom is 0.289 e. The summed E-state index contributed by atoms with van der Waals surface area (Å²) in [7, 11) is 0. The smallest absolute Gasteiger partial charge is 0.289 e. The molecule has 0 aromatic carbocycles. The Morgan fingerprint density at radius 2 is 1.71 bits per heavy atom. The van der Waals surface area contributed by atoms with Crippen molar-refractivity contribution in [2.45, 2.75) is 116 Å². The van der Waals surface area contributed by atoms with Crippen molar-refractivity contribution >= 4 is 23.5 Å². The molecule has 35 heavy (non-hydrogen) atoms. The third-order valence-corrected chi connectivity index (χ3v) is 9.12. The molecule has 196 valence electrons. The Hall–Kier alpha value is -1.96. The minimum atomic E-state index is -0.872. The lowest BCUT2D eigenvalue weighted by molar-refractivity contribution is -0.144. The molecule has 3 aliphatic carbocycles. The maximum absolute atomic E-state index is 13.7. The molecule has 1 unspecified atom stereocenters. The summed E-state index contributed by atoms with van der Waals surface area (Å²) in [6.45, 7) is 6.89. The van der Waals surface area contributed by atoms with Crippen LogP contribution in [0.15, 0.2) is 0 Å². The van der Waals surface area contributed by atoms with Crippen LogP contribution in [0.5, 0.6) is 0 Å². The molecular weight excluding hydrogens is 444 g/mol. The van der Waals surface area contributed by atoms with Crippen LogP contribution >= 0.6 is 0 Å². The summed E-state index contributed by atoms with van der Waals surface area (Å²) in [4.78, 5) is 54.4. The largest absolute Gasteiger partial charge is 0.347 e. The summed E-state index contributed by atoms with van der Waals surface area (Å²) in [6.07, 6.45) is 10.00. The molecule has 1 saturated heterocycles. The summed E-state index contributed by atoms with van der Waals surface area (Å²) in [6, 6.07) is -2.02. The fourth-order valence-electron chi connectivity index (χ4n) is 6.73. The molecule has 8 nitrogen and oxygen atoms in total. The third-order valence-electron chi connectivity index (χ3n) is 9.12. The molecule has 8 heteroatoms. The molecule has 4 rings (SSSR count). The number of Topliss-reactive ketones (excluding diaryl/α,β-unsaturated/α-hetero) is 1. The van der Waals surface area contributed by atoms with Crippen LogP contribution < -0.4 is 16.4 Å². The highest BCUT2D eigenvalue weighted by Crippen LogP contribution is 2.53. The van der Waals surface area contributed by atoms with Crippen molar-refractivity contribution < 1.29 is 19.2 Å². The van der Waals surface area contributed by atoms with Crippen molar-refractivity contribution in [1.29, 1.82) is 0 Å². The Kier molecular flexibility index (Phi) is 7.89. The monoisotopic (exact) mass is 488 g/mol. The summed E-state index contributed by atoms with van der Waals surface area (Å²) in [5.74, 6) is -1.23. The molecule has 0 bridgehead atoms. The van der Waals surface area contributed by atoms with Crippen molar-refractivity contribution in [3.63, 3.8) is 0 Å². The van der Waals surface area contributed by atoms with Gasteiger partial charge >= 0.3 is 0 Å². The number of nitrogens with one attached hydrogen (secondary N) is 2. The zero-order chi connectivity index (χ0) is 25.3. The Balaban J connectivity index is 1.51. The van der Waals surface area contributed by atoms with Gasteiger partial charge in [-0.2, -0.15) is 0 Å². The van der Waals surface area contributed by atoms with Gasteiger partial charge in [0.1, 0.15) is 6.04 Å². The van der Waals surface area contributed by atoms with Crippen molar-refractivity contribution in [2.24, 2.45) is 28.9 Å². The molecule has 3 saturated carbocycles. The maximum atomic E-state index is 13.7. The molecule has 0 aromatic rings. The lowest BCUT2D eigenvalue weighted by atomic mass is 9.79. The highest BCUT2D eigenvalue weighted by Gasteiger charge is 2.56. The van der Waals surface area contributed by atoms with Crippen LogP contribution in [0.3, 0.4) is 0 Å². The number of likely N-dealkylation sites (tertiary alicyclic amines) is 1. The Bertz CT molecular complexity index is 833. The van der Waals surface area contributed by atoms with Gasteiger partial charge in [0.25, 0.3) is 5.91 Å². The topological polar surface area (TPSA) is 122 Å². The van der Waals surface area contributed by atoms with E-state index in [4.69, 9.17) is 5.73 Å². The molecule has 4 N–H and O–H groups in total. The Morgan fingerprint density at radius 1 is 1.03 bits per heavy atom. The van der Waals surface area contributed by atoms with Gasteiger partial charge in [-0.1, -0.05) is 46.5 Å². The molecule has 5 atom stereocenters. The molecule has 0 radical (unpaired) electrons. The molecule has 0 aromatic heterocycles. The Labute approximate surface area is 209 Å². The second-order valence-corrected chi connectivity index (χ2v) is 12.1. The van der Waals surface area contributed by atoms with E-state index in [1.54, 1.807) is 4.90 Å². The number of fused-ring (bicyclic) bond motifs is 1. The summed E-state index contributed by atoms with van der Waals surface area (Å²) in [5, 5.41) is 5.63. The van der Waals surface area contributed by atoms with Gasteiger partial charge in [0.15, 0.2) is 0 Å². The number of amides is 3. The van der Waals surface area contributed by atoms with Crippen LogP contribution in [-0.4, -0.2) is 59.1 Å². The number of nitrogens with zero attached hydrogens (tertiary/aromatic N) is 1. The minimum Gasteiger partial charge on any atom is -0.347 e. The SMILES string of the molecule is CCCC(NC(=O)[C@@H]1[C@H]2CCC(C)(C)[C@H]2CN1C(=O)[C@@H](N)C1CCCCC1)C(=O)C(=O)NC1CC1. The highest BCUT2D eigenvalue weighted by molar-refractivity contribution is 6.38. The van der Waals surface area contributed by atoms with Crippen LogP contribution in [0.4, 0.5) is 0 Å². The summed E-state index contributed by atoms with van der Waals surface area (Å²) >= 11 is 0. The van der Waals surface area contributed by atoms with Crippen LogP contribution in [0.1, 0.15) is 91.4 Å². The first kappa shape index (κ1) is 26.1. The zero-order valence-corrected chi connectivity index (χ0v) is 21.7. The van der Waals surface area contributed by atoms with E-state index in [0.29, 0.717) is 19.4 Å². The van der Waals surface area contributed by atoms with Gasteiger partial charge in [0.2, 0.25) is 17.6 Å². The average molecular weight is 489 g/mol. The number of rotatable bonds is 9. The predicted molar refractivity (Wildman–Crippen MR) is 133 cm³/mol. The van der Waals surface area contributed by atoms with Crippen molar-refractivity contribution in [2.75, 3.05) is 6.54 Å². The number of nitrogens with two attached hydrogens (primary N) is 1. The second-order valence-electron chi connectivity index (χ2n) is 12.1. The van der Waals surface area contributed by atoms with E-state index < -0.39 is 29.8 Å². The number of hydrogen-bond acceptors (Lipinski definition) is 5. The first-order valence-electron chi connectivity index (χ1n) is 13.8. The third kappa shape index (κ3) is 5.57. The van der Waals surface area contributed by atoms with E-state index in [1.165, 1.54) is 6.42 Å². The van der Waals surface area contributed by atoms with Gasteiger partial charge < -0.3 is 21.3 Å². The molecule has 4 aliphatic rings. The molecule has 1 heterocycles. The fourth-order valence-corrected chi connectivity index (χ4v) is 6.73. The van der Waals surface area contributed by atoms with E-state index in [0.717, 1.165) is 51.4 Å². The van der Waals surface area contributed by atoms with E-state index in [-0.39, 0.29) is 41.0 Å². The number of ketones is 1. The van der Waals surface area contributed by atoms with E-state index >= 15 is 0 Å². The predicted octanol–water partition coefficient (Wildman–Crippen LogP) is 2.29. The number of carbonyl (C=O) groups excluding carboxylic acids is 4. The molecule has 3 amide bonds. The van der Waals surface area contributed by atoms with Gasteiger partial charge in [-0.15, -0.1) is 0 Å². The first-order chi connectivity index (χ1) is 16.6. The summed E-state index contributed by atoms with van der Waals surface area (Å²) < 4.78 is 0. The van der Waals surface area contributed by atoms with E-state index in [1.807, 2.05) is 6.92 Å². The zero-order valence-electron chi connectivity index (χ0n) is 21.7. The van der Waals surface area contributed by atoms with Crippen molar-refractivity contribution in [3.05, 3.63) is 0 Å². The first-order valence-corrected chi connectivity index (χ1v) is 13.8. The lowest BCUT2D eigenvalue weighted by Crippen LogP contribution is -2.57. The van der Waals surface area contributed by atoms with Crippen molar-refractivity contribution in [3.8, 4) is 0 Å². The number of carbonyl (C=O) groups is 4. The van der Waals surface area contributed by atoms with Crippen LogP contribution in [0.25, 0.3) is 0 Å².